The van der Waals surface area contributed by atoms with Crippen LogP contribution in [0.15, 0.2) is 24.3 Å². The third-order valence-corrected chi connectivity index (χ3v) is 12.3. The van der Waals surface area contributed by atoms with Crippen LogP contribution in [0.5, 0.6) is 5.75 Å². The van der Waals surface area contributed by atoms with Crippen molar-refractivity contribution in [2.45, 2.75) is 109 Å². The van der Waals surface area contributed by atoms with E-state index in [0.29, 0.717) is 64.2 Å². The molecule has 2 N–H and O–H groups in total. The van der Waals surface area contributed by atoms with Gasteiger partial charge in [0.15, 0.2) is 5.72 Å². The number of benzene rings is 1. The Morgan fingerprint density at radius 2 is 1.60 bits per heavy atom. The molecule has 0 radical (unpaired) electrons. The standard InChI is InChI=1S/C47H71ClN4O15/c1-12-15-37(60-11)47(58)30-36(65-45(57)49-47)32(4)43-46(6,67-43)38(29-41(55)52(9)34-27-31(3)28-35(59-10)42(34)48)66-44(56)33(5)51(8)40(54)17-14-16-39(53)50(7)18-20-62-22-24-64-26-25-63-23-21-61-19-13-2/h2,12,15,27-28,32-33,36-38,43,58H,14,16-26,29-30H2,1,3-11H3,(H,49,57)/b15-12+/t32-,33+,36+,37-,38+,43+,46+,47+/m1/s1. The number of cyclic esters (lactones) is 1. The third-order valence-electron chi connectivity index (χ3n) is 11.9. The highest BCUT2D eigenvalue weighted by molar-refractivity contribution is 6.35. The van der Waals surface area contributed by atoms with Crippen LogP contribution in [0.2, 0.25) is 5.02 Å². The van der Waals surface area contributed by atoms with Crippen LogP contribution >= 0.6 is 11.6 Å². The van der Waals surface area contributed by atoms with Crippen LogP contribution in [0, 0.1) is 25.2 Å². The lowest BCUT2D eigenvalue weighted by molar-refractivity contribution is -0.162. The SMILES string of the molecule is C#CCOCCOCCOCCOCCN(C)C(=O)CCCC(=O)N(C)[C@@H](C)C(=O)O[C@@H](CC(=O)N(C)c1cc(C)cc(OC)c1Cl)[C@]1(C)O[C@H]1[C@H](C)[C@@H]1C[C@](O)([C@@H](/C=C/C)OC)NC(=O)O1. The molecule has 0 aliphatic carbocycles. The number of esters is 1. The number of ether oxygens (including phenoxy) is 9. The summed E-state index contributed by atoms with van der Waals surface area (Å²) in [5, 5.41) is 14.2. The smallest absolute Gasteiger partial charge is 0.409 e. The summed E-state index contributed by atoms with van der Waals surface area (Å²) in [7, 11) is 7.52. The first kappa shape index (κ1) is 56.8. The van der Waals surface area contributed by atoms with Gasteiger partial charge in [0.2, 0.25) is 17.7 Å². The number of nitrogens with one attached hydrogen (secondary N) is 1. The number of aryl methyl sites for hydroxylation is 1. The van der Waals surface area contributed by atoms with Crippen molar-refractivity contribution in [1.29, 1.82) is 0 Å². The molecule has 0 bridgehead atoms. The second-order valence-corrected chi connectivity index (χ2v) is 17.2. The Bertz CT molecular complexity index is 1880. The number of carbonyl (C=O) groups excluding carboxylic acids is 5. The molecule has 20 heteroatoms. The lowest BCUT2D eigenvalue weighted by Gasteiger charge is -2.42. The fourth-order valence-corrected chi connectivity index (χ4v) is 7.86. The number of methoxy groups -OCH3 is 2. The molecule has 0 spiro atoms. The molecule has 8 atom stereocenters. The number of anilines is 1. The molecule has 3 rings (SSSR count). The highest BCUT2D eigenvalue weighted by Crippen LogP contribution is 2.49. The van der Waals surface area contributed by atoms with E-state index in [2.05, 4.69) is 11.2 Å². The zero-order valence-corrected chi connectivity index (χ0v) is 41.4. The fraction of sp³-hybridized carbons (Fsp3) is 0.681. The number of hydrogen-bond donors (Lipinski definition) is 2. The van der Waals surface area contributed by atoms with Crippen LogP contribution in [0.4, 0.5) is 10.5 Å². The summed E-state index contributed by atoms with van der Waals surface area (Å²) in [5.41, 5.74) is -1.93. The Labute approximate surface area is 399 Å². The van der Waals surface area contributed by atoms with E-state index in [4.69, 9.17) is 60.7 Å². The highest BCUT2D eigenvalue weighted by Gasteiger charge is 2.64. The molecule has 2 fully saturated rings. The summed E-state index contributed by atoms with van der Waals surface area (Å²) in [6, 6.07) is 2.36. The quantitative estimate of drug-likeness (QED) is 0.0370. The van der Waals surface area contributed by atoms with E-state index in [0.717, 1.165) is 5.56 Å². The molecule has 2 aliphatic rings. The number of hydrogen-bond acceptors (Lipinski definition) is 15. The number of allylic oxidation sites excluding steroid dienone is 1. The van der Waals surface area contributed by atoms with E-state index in [9.17, 15) is 29.1 Å². The van der Waals surface area contributed by atoms with Crippen LogP contribution in [0.25, 0.3) is 0 Å². The maximum atomic E-state index is 14.1. The summed E-state index contributed by atoms with van der Waals surface area (Å²) < 4.78 is 50.4. The molecule has 0 unspecified atom stereocenters. The number of carbonyl (C=O) groups is 5. The Hall–Kier alpha value is -4.52. The predicted octanol–water partition coefficient (Wildman–Crippen LogP) is 3.67. The van der Waals surface area contributed by atoms with Crippen LogP contribution in [-0.2, 0) is 57.1 Å². The number of likely N-dealkylation sites (N-methyl/N-ethyl adjacent to an activating group) is 2. The maximum absolute atomic E-state index is 14.1. The first-order valence-corrected chi connectivity index (χ1v) is 22.8. The molecule has 0 saturated carbocycles. The largest absolute Gasteiger partial charge is 0.495 e. The molecular formula is C47H71ClN4O15. The molecule has 2 heterocycles. The second kappa shape index (κ2) is 27.5. The van der Waals surface area contributed by atoms with Crippen molar-refractivity contribution in [2.75, 3.05) is 99.7 Å². The number of epoxide rings is 1. The van der Waals surface area contributed by atoms with Crippen molar-refractivity contribution < 1.29 is 71.7 Å². The number of halogens is 1. The summed E-state index contributed by atoms with van der Waals surface area (Å²) >= 11 is 6.63. The monoisotopic (exact) mass is 966 g/mol. The Balaban J connectivity index is 1.61. The Kier molecular flexibility index (Phi) is 23.3. The normalized spacial score (nSPS) is 21.8. The number of rotatable bonds is 30. The van der Waals surface area contributed by atoms with Gasteiger partial charge in [-0.1, -0.05) is 36.6 Å². The molecular weight excluding hydrogens is 896 g/mol. The van der Waals surface area contributed by atoms with Crippen molar-refractivity contribution in [1.82, 2.24) is 15.1 Å². The number of aliphatic hydroxyl groups is 1. The summed E-state index contributed by atoms with van der Waals surface area (Å²) in [6.07, 6.45) is 3.76. The minimum absolute atomic E-state index is 0.0175. The van der Waals surface area contributed by atoms with Gasteiger partial charge in [-0.3, -0.25) is 19.7 Å². The first-order chi connectivity index (χ1) is 31.8. The van der Waals surface area contributed by atoms with Crippen molar-refractivity contribution in [3.8, 4) is 18.1 Å². The van der Waals surface area contributed by atoms with E-state index in [1.165, 1.54) is 49.9 Å². The topological polar surface area (TPSA) is 214 Å². The minimum atomic E-state index is -1.81. The van der Waals surface area contributed by atoms with Gasteiger partial charge in [0.05, 0.1) is 71.6 Å². The van der Waals surface area contributed by atoms with Gasteiger partial charge >= 0.3 is 12.1 Å². The van der Waals surface area contributed by atoms with Crippen molar-refractivity contribution in [2.24, 2.45) is 5.92 Å². The summed E-state index contributed by atoms with van der Waals surface area (Å²) in [5.74, 6) is 0.335. The maximum Gasteiger partial charge on any atom is 0.409 e. The average molecular weight is 968 g/mol. The van der Waals surface area contributed by atoms with Gasteiger partial charge in [-0.05, 0) is 51.8 Å². The average Bonchev–Trinajstić information content (AvgIpc) is 4.00. The lowest BCUT2D eigenvalue weighted by Crippen LogP contribution is -2.63. The van der Waals surface area contributed by atoms with Gasteiger partial charge in [0.25, 0.3) is 0 Å². The number of terminal acetylenes is 1. The van der Waals surface area contributed by atoms with Crippen LogP contribution in [-0.4, -0.2) is 181 Å². The first-order valence-electron chi connectivity index (χ1n) is 22.4. The van der Waals surface area contributed by atoms with E-state index in [1.807, 2.05) is 6.92 Å². The zero-order chi connectivity index (χ0) is 49.9. The van der Waals surface area contributed by atoms with Crippen molar-refractivity contribution >= 4 is 47.1 Å². The van der Waals surface area contributed by atoms with Gasteiger partial charge in [0.1, 0.15) is 47.3 Å². The van der Waals surface area contributed by atoms with E-state index in [1.54, 1.807) is 52.1 Å². The van der Waals surface area contributed by atoms with Crippen molar-refractivity contribution in [3.63, 3.8) is 0 Å². The molecule has 376 valence electrons. The van der Waals surface area contributed by atoms with Gasteiger partial charge in [0, 0.05) is 60.0 Å². The molecule has 2 saturated heterocycles. The number of amides is 4. The lowest BCUT2D eigenvalue weighted by atomic mass is 9.83. The molecule has 19 nitrogen and oxygen atoms in total. The highest BCUT2D eigenvalue weighted by atomic mass is 35.5. The second-order valence-electron chi connectivity index (χ2n) is 16.8. The third kappa shape index (κ3) is 16.6. The number of nitrogens with zero attached hydrogens (tertiary/aromatic N) is 3. The van der Waals surface area contributed by atoms with Crippen LogP contribution < -0.4 is 15.0 Å². The summed E-state index contributed by atoms with van der Waals surface area (Å²) in [6.45, 7) is 11.8. The zero-order valence-electron chi connectivity index (χ0n) is 40.6. The molecule has 4 amide bonds. The molecule has 1 aromatic carbocycles. The Morgan fingerprint density at radius 3 is 2.19 bits per heavy atom. The molecule has 1 aromatic rings. The predicted molar refractivity (Wildman–Crippen MR) is 248 cm³/mol. The van der Waals surface area contributed by atoms with Gasteiger partial charge in [-0.15, -0.1) is 6.42 Å². The van der Waals surface area contributed by atoms with Gasteiger partial charge in [-0.25, -0.2) is 9.59 Å². The molecule has 2 aliphatic heterocycles. The minimum Gasteiger partial charge on any atom is -0.495 e. The fourth-order valence-electron chi connectivity index (χ4n) is 7.54. The summed E-state index contributed by atoms with van der Waals surface area (Å²) in [4.78, 5) is 71.0. The van der Waals surface area contributed by atoms with Gasteiger partial charge in [-0.2, -0.15) is 0 Å². The van der Waals surface area contributed by atoms with Crippen LogP contribution in [0.3, 0.4) is 0 Å². The molecule has 0 aromatic heterocycles. The van der Waals surface area contributed by atoms with E-state index < -0.39 is 71.6 Å². The van der Waals surface area contributed by atoms with Crippen molar-refractivity contribution in [3.05, 3.63) is 34.9 Å². The van der Waals surface area contributed by atoms with Crippen LogP contribution in [0.1, 0.15) is 65.4 Å². The van der Waals surface area contributed by atoms with E-state index in [-0.39, 0.29) is 49.6 Å². The Morgan fingerprint density at radius 1 is 0.985 bits per heavy atom. The molecule has 67 heavy (non-hydrogen) atoms. The number of alkyl carbamates (subject to hydrolysis) is 1. The van der Waals surface area contributed by atoms with Gasteiger partial charge < -0.3 is 62.4 Å². The van der Waals surface area contributed by atoms with E-state index >= 15 is 0 Å².